The molecule has 0 heterocycles. The number of carbonyl (C=O) groups excluding carboxylic acids is 2. The van der Waals surface area contributed by atoms with E-state index in [0.29, 0.717) is 17.4 Å². The predicted octanol–water partition coefficient (Wildman–Crippen LogP) is 2.13. The van der Waals surface area contributed by atoms with Crippen LogP contribution in [0.5, 0.6) is 5.75 Å². The lowest BCUT2D eigenvalue weighted by Gasteiger charge is -2.16. The standard InChI is InChI=1S/C14H18ClNO4/c1-3-19-14(18)10-16(2)13(17)7-8-20-12-6-4-5-11(15)9-12/h4-6,9H,3,7-8,10H2,1-2H3. The molecule has 1 amide bonds. The number of ether oxygens (including phenoxy) is 2. The maximum absolute atomic E-state index is 11.8. The molecule has 0 aliphatic carbocycles. The van der Waals surface area contributed by atoms with Gasteiger partial charge < -0.3 is 14.4 Å². The van der Waals surface area contributed by atoms with E-state index < -0.39 is 5.97 Å². The minimum atomic E-state index is -0.417. The van der Waals surface area contributed by atoms with Gasteiger partial charge in [-0.25, -0.2) is 0 Å². The Bertz CT molecular complexity index is 464. The van der Waals surface area contributed by atoms with Crippen LogP contribution in [0.4, 0.5) is 0 Å². The Kier molecular flexibility index (Phi) is 6.87. The topological polar surface area (TPSA) is 55.8 Å². The average Bonchev–Trinajstić information content (AvgIpc) is 2.38. The number of rotatable bonds is 7. The summed E-state index contributed by atoms with van der Waals surface area (Å²) in [5.41, 5.74) is 0. The van der Waals surface area contributed by atoms with Crippen LogP contribution in [0.1, 0.15) is 13.3 Å². The highest BCUT2D eigenvalue weighted by molar-refractivity contribution is 6.30. The zero-order valence-corrected chi connectivity index (χ0v) is 12.4. The molecule has 0 saturated carbocycles. The third-order valence-electron chi connectivity index (χ3n) is 2.48. The van der Waals surface area contributed by atoms with Gasteiger partial charge in [0.05, 0.1) is 19.6 Å². The highest BCUT2D eigenvalue weighted by Crippen LogP contribution is 2.17. The van der Waals surface area contributed by atoms with Gasteiger partial charge in [-0.05, 0) is 25.1 Å². The number of benzene rings is 1. The second kappa shape index (κ2) is 8.43. The fourth-order valence-corrected chi connectivity index (χ4v) is 1.67. The van der Waals surface area contributed by atoms with Gasteiger partial charge >= 0.3 is 5.97 Å². The van der Waals surface area contributed by atoms with Crippen LogP contribution in [0.25, 0.3) is 0 Å². The first-order chi connectivity index (χ1) is 9.52. The smallest absolute Gasteiger partial charge is 0.325 e. The van der Waals surface area contributed by atoms with Crippen molar-refractivity contribution in [2.75, 3.05) is 26.8 Å². The molecule has 0 radical (unpaired) electrons. The molecular weight excluding hydrogens is 282 g/mol. The molecule has 6 heteroatoms. The molecule has 5 nitrogen and oxygen atoms in total. The summed E-state index contributed by atoms with van der Waals surface area (Å²) in [6, 6.07) is 6.95. The fourth-order valence-electron chi connectivity index (χ4n) is 1.49. The number of esters is 1. The summed E-state index contributed by atoms with van der Waals surface area (Å²) in [4.78, 5) is 24.3. The summed E-state index contributed by atoms with van der Waals surface area (Å²) < 4.78 is 10.2. The molecule has 0 unspecified atom stereocenters. The molecule has 0 bridgehead atoms. The quantitative estimate of drug-likeness (QED) is 0.724. The van der Waals surface area contributed by atoms with E-state index in [1.807, 2.05) is 0 Å². The third kappa shape index (κ3) is 5.93. The van der Waals surface area contributed by atoms with Gasteiger partial charge in [-0.3, -0.25) is 9.59 Å². The van der Waals surface area contributed by atoms with Gasteiger partial charge in [0.1, 0.15) is 12.3 Å². The monoisotopic (exact) mass is 299 g/mol. The first-order valence-electron chi connectivity index (χ1n) is 6.31. The van der Waals surface area contributed by atoms with Crippen LogP contribution in [-0.2, 0) is 14.3 Å². The van der Waals surface area contributed by atoms with Crippen LogP contribution >= 0.6 is 11.6 Å². The Labute approximate surface area is 123 Å². The summed E-state index contributed by atoms with van der Waals surface area (Å²) in [6.07, 6.45) is 0.183. The fraction of sp³-hybridized carbons (Fsp3) is 0.429. The maximum atomic E-state index is 11.8. The zero-order chi connectivity index (χ0) is 15.0. The van der Waals surface area contributed by atoms with Crippen molar-refractivity contribution in [2.45, 2.75) is 13.3 Å². The number of likely N-dealkylation sites (N-methyl/N-ethyl adjacent to an activating group) is 1. The molecule has 1 aromatic carbocycles. The number of nitrogens with zero attached hydrogens (tertiary/aromatic N) is 1. The molecule has 20 heavy (non-hydrogen) atoms. The first-order valence-corrected chi connectivity index (χ1v) is 6.68. The van der Waals surface area contributed by atoms with E-state index >= 15 is 0 Å². The van der Waals surface area contributed by atoms with Crippen molar-refractivity contribution in [2.24, 2.45) is 0 Å². The Balaban J connectivity index is 2.30. The summed E-state index contributed by atoms with van der Waals surface area (Å²) in [5.74, 6) is 0.0116. The molecule has 0 atom stereocenters. The van der Waals surface area contributed by atoms with Gasteiger partial charge in [0, 0.05) is 12.1 Å². The van der Waals surface area contributed by atoms with Gasteiger partial charge in [-0.15, -0.1) is 0 Å². The third-order valence-corrected chi connectivity index (χ3v) is 2.71. The second-order valence-electron chi connectivity index (χ2n) is 4.11. The highest BCUT2D eigenvalue weighted by atomic mass is 35.5. The van der Waals surface area contributed by atoms with Crippen molar-refractivity contribution in [3.05, 3.63) is 29.3 Å². The zero-order valence-electron chi connectivity index (χ0n) is 11.6. The maximum Gasteiger partial charge on any atom is 0.325 e. The molecule has 0 aliphatic heterocycles. The normalized spacial score (nSPS) is 9.95. The van der Waals surface area contributed by atoms with Gasteiger partial charge in [0.15, 0.2) is 0 Å². The van der Waals surface area contributed by atoms with E-state index in [0.717, 1.165) is 0 Å². The van der Waals surface area contributed by atoms with Crippen molar-refractivity contribution in [1.29, 1.82) is 0 Å². The van der Waals surface area contributed by atoms with E-state index in [4.69, 9.17) is 21.1 Å². The molecule has 0 spiro atoms. The number of carbonyl (C=O) groups is 2. The largest absolute Gasteiger partial charge is 0.493 e. The lowest BCUT2D eigenvalue weighted by molar-refractivity contribution is -0.148. The van der Waals surface area contributed by atoms with Crippen LogP contribution in [-0.4, -0.2) is 43.6 Å². The van der Waals surface area contributed by atoms with Crippen molar-refractivity contribution < 1.29 is 19.1 Å². The molecule has 110 valence electrons. The molecule has 0 saturated heterocycles. The SMILES string of the molecule is CCOC(=O)CN(C)C(=O)CCOc1cccc(Cl)c1. The molecule has 0 aliphatic rings. The molecule has 0 fully saturated rings. The lowest BCUT2D eigenvalue weighted by atomic mass is 10.3. The van der Waals surface area contributed by atoms with Crippen molar-refractivity contribution in [3.63, 3.8) is 0 Å². The Morgan fingerprint density at radius 3 is 2.75 bits per heavy atom. The van der Waals surface area contributed by atoms with Crippen molar-refractivity contribution in [1.82, 2.24) is 4.90 Å². The van der Waals surface area contributed by atoms with Crippen LogP contribution in [0.3, 0.4) is 0 Å². The number of amides is 1. The number of halogens is 1. The summed E-state index contributed by atoms with van der Waals surface area (Å²) in [5, 5.41) is 0.577. The summed E-state index contributed by atoms with van der Waals surface area (Å²) in [6.45, 7) is 2.20. The molecular formula is C14H18ClNO4. The first kappa shape index (κ1) is 16.3. The number of hydrogen-bond acceptors (Lipinski definition) is 4. The van der Waals surface area contributed by atoms with Gasteiger partial charge in [0.25, 0.3) is 0 Å². The minimum absolute atomic E-state index is 0.0517. The van der Waals surface area contributed by atoms with E-state index in [-0.39, 0.29) is 25.5 Å². The molecule has 0 aromatic heterocycles. The second-order valence-corrected chi connectivity index (χ2v) is 4.55. The van der Waals surface area contributed by atoms with Gasteiger partial charge in [-0.1, -0.05) is 17.7 Å². The van der Waals surface area contributed by atoms with Crippen LogP contribution in [0.15, 0.2) is 24.3 Å². The lowest BCUT2D eigenvalue weighted by Crippen LogP contribution is -2.33. The molecule has 1 aromatic rings. The van der Waals surface area contributed by atoms with Gasteiger partial charge in [0.2, 0.25) is 5.91 Å². The van der Waals surface area contributed by atoms with E-state index in [1.165, 1.54) is 4.90 Å². The van der Waals surface area contributed by atoms with Crippen LogP contribution < -0.4 is 4.74 Å². The van der Waals surface area contributed by atoms with Gasteiger partial charge in [-0.2, -0.15) is 0 Å². The van der Waals surface area contributed by atoms with E-state index in [2.05, 4.69) is 0 Å². The van der Waals surface area contributed by atoms with E-state index in [9.17, 15) is 9.59 Å². The summed E-state index contributed by atoms with van der Waals surface area (Å²) in [7, 11) is 1.55. The average molecular weight is 300 g/mol. The number of hydrogen-bond donors (Lipinski definition) is 0. The van der Waals surface area contributed by atoms with E-state index in [1.54, 1.807) is 38.2 Å². The van der Waals surface area contributed by atoms with Crippen LogP contribution in [0, 0.1) is 0 Å². The Morgan fingerprint density at radius 1 is 1.35 bits per heavy atom. The molecule has 1 rings (SSSR count). The minimum Gasteiger partial charge on any atom is -0.493 e. The molecule has 0 N–H and O–H groups in total. The Morgan fingerprint density at radius 2 is 2.10 bits per heavy atom. The van der Waals surface area contributed by atoms with Crippen molar-refractivity contribution >= 4 is 23.5 Å². The Hall–Kier alpha value is -1.75. The summed E-state index contributed by atoms with van der Waals surface area (Å²) >= 11 is 5.82. The van der Waals surface area contributed by atoms with Crippen molar-refractivity contribution in [3.8, 4) is 5.75 Å². The highest BCUT2D eigenvalue weighted by Gasteiger charge is 2.13. The predicted molar refractivity (Wildman–Crippen MR) is 75.8 cm³/mol. The van der Waals surface area contributed by atoms with Crippen LogP contribution in [0.2, 0.25) is 5.02 Å².